The maximum absolute atomic E-state index is 12.1. The fraction of sp³-hybridized carbons (Fsp3) is 0.250. The van der Waals surface area contributed by atoms with Crippen molar-refractivity contribution < 1.29 is 4.79 Å². The molecule has 0 heterocycles. The Morgan fingerprint density at radius 2 is 1.83 bits per heavy atom. The van der Waals surface area contributed by atoms with E-state index in [1.807, 2.05) is 75.3 Å². The SMILES string of the molecule is Cc1ccc(C(=O)NCC#Cc2ccccc2N(C)C)cc1C. The van der Waals surface area contributed by atoms with Crippen molar-refractivity contribution in [3.63, 3.8) is 0 Å². The van der Waals surface area contributed by atoms with E-state index in [2.05, 4.69) is 17.2 Å². The molecule has 0 saturated heterocycles. The van der Waals surface area contributed by atoms with E-state index in [4.69, 9.17) is 0 Å². The molecule has 0 atom stereocenters. The lowest BCUT2D eigenvalue weighted by Crippen LogP contribution is -2.23. The van der Waals surface area contributed by atoms with E-state index in [0.717, 1.165) is 16.8 Å². The molecule has 0 aromatic heterocycles. The largest absolute Gasteiger partial charge is 0.377 e. The van der Waals surface area contributed by atoms with Crippen LogP contribution < -0.4 is 10.2 Å². The first-order chi connectivity index (χ1) is 11.0. The van der Waals surface area contributed by atoms with Gasteiger partial charge >= 0.3 is 0 Å². The minimum atomic E-state index is -0.0942. The third-order valence-corrected chi connectivity index (χ3v) is 3.72. The highest BCUT2D eigenvalue weighted by Gasteiger charge is 2.05. The van der Waals surface area contributed by atoms with Gasteiger partial charge in [0.25, 0.3) is 5.91 Å². The van der Waals surface area contributed by atoms with Crippen LogP contribution in [0, 0.1) is 25.7 Å². The average molecular weight is 306 g/mol. The van der Waals surface area contributed by atoms with E-state index < -0.39 is 0 Å². The molecule has 0 aliphatic rings. The molecular weight excluding hydrogens is 284 g/mol. The van der Waals surface area contributed by atoms with Gasteiger partial charge in [-0.2, -0.15) is 0 Å². The number of hydrogen-bond acceptors (Lipinski definition) is 2. The summed E-state index contributed by atoms with van der Waals surface area (Å²) in [6.45, 7) is 4.36. The Kier molecular flexibility index (Phi) is 5.43. The molecule has 0 unspecified atom stereocenters. The van der Waals surface area contributed by atoms with Crippen molar-refractivity contribution in [2.45, 2.75) is 13.8 Å². The summed E-state index contributed by atoms with van der Waals surface area (Å²) in [5, 5.41) is 2.84. The number of nitrogens with one attached hydrogen (secondary N) is 1. The molecule has 3 heteroatoms. The molecule has 0 fully saturated rings. The number of anilines is 1. The Morgan fingerprint density at radius 3 is 2.52 bits per heavy atom. The summed E-state index contributed by atoms with van der Waals surface area (Å²) in [5.74, 6) is 6.04. The van der Waals surface area contributed by atoms with Crippen molar-refractivity contribution in [3.8, 4) is 11.8 Å². The number of amides is 1. The van der Waals surface area contributed by atoms with Crippen LogP contribution in [-0.4, -0.2) is 26.5 Å². The zero-order valence-corrected chi connectivity index (χ0v) is 14.1. The number of rotatable bonds is 3. The summed E-state index contributed by atoms with van der Waals surface area (Å²) in [4.78, 5) is 14.1. The number of para-hydroxylation sites is 1. The van der Waals surface area contributed by atoms with E-state index >= 15 is 0 Å². The summed E-state index contributed by atoms with van der Waals surface area (Å²) in [5.41, 5.74) is 4.99. The molecular formula is C20H22N2O. The number of aryl methyl sites for hydroxylation is 2. The summed E-state index contributed by atoms with van der Waals surface area (Å²) in [6.07, 6.45) is 0. The second-order valence-electron chi connectivity index (χ2n) is 5.70. The van der Waals surface area contributed by atoms with Crippen molar-refractivity contribution in [2.24, 2.45) is 0 Å². The zero-order chi connectivity index (χ0) is 16.8. The molecule has 2 aromatic rings. The van der Waals surface area contributed by atoms with Crippen LogP contribution in [0.25, 0.3) is 0 Å². The fourth-order valence-electron chi connectivity index (χ4n) is 2.22. The zero-order valence-electron chi connectivity index (χ0n) is 14.1. The minimum Gasteiger partial charge on any atom is -0.377 e. The Balaban J connectivity index is 2.00. The minimum absolute atomic E-state index is 0.0942. The number of hydrogen-bond donors (Lipinski definition) is 1. The van der Waals surface area contributed by atoms with Gasteiger partial charge in [0, 0.05) is 25.2 Å². The maximum Gasteiger partial charge on any atom is 0.252 e. The fourth-order valence-corrected chi connectivity index (χ4v) is 2.22. The lowest BCUT2D eigenvalue weighted by Gasteiger charge is -2.13. The highest BCUT2D eigenvalue weighted by atomic mass is 16.1. The van der Waals surface area contributed by atoms with Gasteiger partial charge in [0.2, 0.25) is 0 Å². The molecule has 0 spiro atoms. The number of benzene rings is 2. The van der Waals surface area contributed by atoms with Crippen LogP contribution in [0.15, 0.2) is 42.5 Å². The van der Waals surface area contributed by atoms with Gasteiger partial charge in [-0.25, -0.2) is 0 Å². The van der Waals surface area contributed by atoms with E-state index in [1.165, 1.54) is 5.56 Å². The normalized spacial score (nSPS) is 9.74. The summed E-state index contributed by atoms with van der Waals surface area (Å²) in [6, 6.07) is 13.7. The van der Waals surface area contributed by atoms with Gasteiger partial charge in [-0.05, 0) is 49.2 Å². The first-order valence-corrected chi connectivity index (χ1v) is 7.59. The molecule has 0 radical (unpaired) electrons. The molecule has 2 aromatic carbocycles. The van der Waals surface area contributed by atoms with Crippen molar-refractivity contribution in [1.82, 2.24) is 5.32 Å². The van der Waals surface area contributed by atoms with Gasteiger partial charge < -0.3 is 10.2 Å². The predicted molar refractivity (Wildman–Crippen MR) is 95.9 cm³/mol. The van der Waals surface area contributed by atoms with Crippen LogP contribution in [0.3, 0.4) is 0 Å². The maximum atomic E-state index is 12.1. The summed E-state index contributed by atoms with van der Waals surface area (Å²) >= 11 is 0. The quantitative estimate of drug-likeness (QED) is 0.884. The molecule has 0 aliphatic heterocycles. The highest BCUT2D eigenvalue weighted by Crippen LogP contribution is 2.16. The van der Waals surface area contributed by atoms with Crippen LogP contribution in [0.1, 0.15) is 27.0 Å². The Hall–Kier alpha value is -2.73. The molecule has 0 bridgehead atoms. The summed E-state index contributed by atoms with van der Waals surface area (Å²) in [7, 11) is 3.98. The van der Waals surface area contributed by atoms with Crippen molar-refractivity contribution in [1.29, 1.82) is 0 Å². The molecule has 0 aliphatic carbocycles. The third kappa shape index (κ3) is 4.37. The Bertz CT molecular complexity index is 767. The molecule has 1 N–H and O–H groups in total. The van der Waals surface area contributed by atoms with Gasteiger partial charge in [-0.15, -0.1) is 0 Å². The lowest BCUT2D eigenvalue weighted by atomic mass is 10.1. The average Bonchev–Trinajstić information content (AvgIpc) is 2.54. The van der Waals surface area contributed by atoms with Crippen LogP contribution in [0.4, 0.5) is 5.69 Å². The second-order valence-corrected chi connectivity index (χ2v) is 5.70. The van der Waals surface area contributed by atoms with E-state index in [0.29, 0.717) is 12.1 Å². The van der Waals surface area contributed by atoms with E-state index in [1.54, 1.807) is 0 Å². The lowest BCUT2D eigenvalue weighted by molar-refractivity contribution is 0.0958. The van der Waals surface area contributed by atoms with Crippen molar-refractivity contribution >= 4 is 11.6 Å². The van der Waals surface area contributed by atoms with Crippen LogP contribution in [-0.2, 0) is 0 Å². The first-order valence-electron chi connectivity index (χ1n) is 7.59. The standard InChI is InChI=1S/C20H22N2O/c1-15-11-12-18(14-16(15)2)20(23)21-13-7-9-17-8-5-6-10-19(17)22(3)4/h5-6,8,10-12,14H,13H2,1-4H3,(H,21,23). The summed E-state index contributed by atoms with van der Waals surface area (Å²) < 4.78 is 0. The number of nitrogens with zero attached hydrogens (tertiary/aromatic N) is 1. The van der Waals surface area contributed by atoms with E-state index in [-0.39, 0.29) is 5.91 Å². The smallest absolute Gasteiger partial charge is 0.252 e. The third-order valence-electron chi connectivity index (χ3n) is 3.72. The molecule has 2 rings (SSSR count). The number of carbonyl (C=O) groups is 1. The van der Waals surface area contributed by atoms with Gasteiger partial charge in [0.1, 0.15) is 0 Å². The molecule has 3 nitrogen and oxygen atoms in total. The second kappa shape index (κ2) is 7.51. The van der Waals surface area contributed by atoms with Gasteiger partial charge in [-0.1, -0.05) is 30.0 Å². The van der Waals surface area contributed by atoms with Gasteiger partial charge in [0.15, 0.2) is 0 Å². The van der Waals surface area contributed by atoms with E-state index in [9.17, 15) is 4.79 Å². The van der Waals surface area contributed by atoms with Gasteiger partial charge in [0.05, 0.1) is 12.2 Å². The van der Waals surface area contributed by atoms with Crippen molar-refractivity contribution in [2.75, 3.05) is 25.5 Å². The monoisotopic (exact) mass is 306 g/mol. The first kappa shape index (κ1) is 16.6. The van der Waals surface area contributed by atoms with Crippen LogP contribution in [0.2, 0.25) is 0 Å². The Morgan fingerprint density at radius 1 is 1.09 bits per heavy atom. The van der Waals surface area contributed by atoms with Crippen molar-refractivity contribution in [3.05, 3.63) is 64.7 Å². The highest BCUT2D eigenvalue weighted by molar-refractivity contribution is 5.94. The topological polar surface area (TPSA) is 32.3 Å². The van der Waals surface area contributed by atoms with Crippen LogP contribution in [0.5, 0.6) is 0 Å². The molecule has 1 amide bonds. The molecule has 23 heavy (non-hydrogen) atoms. The van der Waals surface area contributed by atoms with Gasteiger partial charge in [-0.3, -0.25) is 4.79 Å². The molecule has 0 saturated carbocycles. The predicted octanol–water partition coefficient (Wildman–Crippen LogP) is 3.15. The number of carbonyl (C=O) groups excluding carboxylic acids is 1. The van der Waals surface area contributed by atoms with Crippen LogP contribution >= 0.6 is 0 Å². The Labute approximate surface area is 138 Å². The molecule has 118 valence electrons.